The van der Waals surface area contributed by atoms with Crippen LogP contribution in [-0.2, 0) is 12.6 Å². The number of hydrogen-bond donors (Lipinski definition) is 1. The second-order valence-electron chi connectivity index (χ2n) is 4.78. The van der Waals surface area contributed by atoms with E-state index in [4.69, 9.17) is 11.6 Å². The van der Waals surface area contributed by atoms with Crippen molar-refractivity contribution in [2.24, 2.45) is 0 Å². The quantitative estimate of drug-likeness (QED) is 0.855. The highest BCUT2D eigenvalue weighted by Gasteiger charge is 2.33. The molecule has 2 nitrogen and oxygen atoms in total. The number of pyridine rings is 1. The number of aliphatic hydroxyl groups excluding tert-OH is 1. The van der Waals surface area contributed by atoms with Gasteiger partial charge in [-0.25, -0.2) is 4.98 Å². The molecule has 0 saturated heterocycles. The van der Waals surface area contributed by atoms with Gasteiger partial charge in [-0.3, -0.25) is 0 Å². The second kappa shape index (κ2) is 6.03. The summed E-state index contributed by atoms with van der Waals surface area (Å²) in [5.74, 6) is 0. The molecule has 1 N–H and O–H groups in total. The van der Waals surface area contributed by atoms with E-state index in [0.29, 0.717) is 0 Å². The first-order valence-electron chi connectivity index (χ1n) is 6.24. The third-order valence-corrected chi connectivity index (χ3v) is 3.38. The van der Waals surface area contributed by atoms with Crippen molar-refractivity contribution in [2.75, 3.05) is 0 Å². The fourth-order valence-electron chi connectivity index (χ4n) is 1.91. The standard InChI is InChI=1S/C15H13ClF3NO/c1-9-2-4-10(5-3-9)8-12(21)11-6-7-13(15(17,18)19)20-14(11)16/h2-7,12,21H,8H2,1H3. The molecule has 0 fully saturated rings. The Morgan fingerprint density at radius 3 is 2.29 bits per heavy atom. The van der Waals surface area contributed by atoms with E-state index in [1.807, 2.05) is 31.2 Å². The van der Waals surface area contributed by atoms with Crippen LogP contribution in [0.3, 0.4) is 0 Å². The maximum absolute atomic E-state index is 12.5. The van der Waals surface area contributed by atoms with Crippen LogP contribution >= 0.6 is 11.6 Å². The molecule has 21 heavy (non-hydrogen) atoms. The Morgan fingerprint density at radius 2 is 1.76 bits per heavy atom. The molecule has 112 valence electrons. The SMILES string of the molecule is Cc1ccc(CC(O)c2ccc(C(F)(F)F)nc2Cl)cc1. The molecule has 0 aliphatic heterocycles. The lowest BCUT2D eigenvalue weighted by molar-refractivity contribution is -0.141. The summed E-state index contributed by atoms with van der Waals surface area (Å²) in [7, 11) is 0. The summed E-state index contributed by atoms with van der Waals surface area (Å²) in [6.45, 7) is 1.94. The Kier molecular flexibility index (Phi) is 4.54. The number of aliphatic hydroxyl groups is 1. The molecule has 0 spiro atoms. The van der Waals surface area contributed by atoms with Crippen LogP contribution in [0.25, 0.3) is 0 Å². The first-order chi connectivity index (χ1) is 9.77. The van der Waals surface area contributed by atoms with Gasteiger partial charge in [-0.2, -0.15) is 13.2 Å². The van der Waals surface area contributed by atoms with Gasteiger partial charge in [0.15, 0.2) is 0 Å². The maximum Gasteiger partial charge on any atom is 0.433 e. The third-order valence-electron chi connectivity index (χ3n) is 3.08. The van der Waals surface area contributed by atoms with Gasteiger partial charge in [-0.1, -0.05) is 47.5 Å². The van der Waals surface area contributed by atoms with Crippen molar-refractivity contribution >= 4 is 11.6 Å². The van der Waals surface area contributed by atoms with Crippen LogP contribution in [0.4, 0.5) is 13.2 Å². The Morgan fingerprint density at radius 1 is 1.14 bits per heavy atom. The number of hydrogen-bond acceptors (Lipinski definition) is 2. The first-order valence-corrected chi connectivity index (χ1v) is 6.62. The number of alkyl halides is 3. The highest BCUT2D eigenvalue weighted by Crippen LogP contribution is 2.31. The average Bonchev–Trinajstić information content (AvgIpc) is 2.40. The maximum atomic E-state index is 12.5. The molecule has 2 aromatic rings. The minimum Gasteiger partial charge on any atom is -0.388 e. The van der Waals surface area contributed by atoms with Gasteiger partial charge in [0.2, 0.25) is 0 Å². The summed E-state index contributed by atoms with van der Waals surface area (Å²) in [6, 6.07) is 9.48. The van der Waals surface area contributed by atoms with Gasteiger partial charge < -0.3 is 5.11 Å². The molecular formula is C15H13ClF3NO. The van der Waals surface area contributed by atoms with Crippen molar-refractivity contribution < 1.29 is 18.3 Å². The van der Waals surface area contributed by atoms with Gasteiger partial charge in [-0.15, -0.1) is 0 Å². The van der Waals surface area contributed by atoms with Crippen LogP contribution in [0.5, 0.6) is 0 Å². The van der Waals surface area contributed by atoms with Gasteiger partial charge in [0, 0.05) is 12.0 Å². The minimum absolute atomic E-state index is 0.185. The smallest absolute Gasteiger partial charge is 0.388 e. The van der Waals surface area contributed by atoms with E-state index in [1.165, 1.54) is 0 Å². The molecule has 2 rings (SSSR count). The van der Waals surface area contributed by atoms with Gasteiger partial charge in [0.1, 0.15) is 10.8 Å². The van der Waals surface area contributed by atoms with Gasteiger partial charge >= 0.3 is 6.18 Å². The van der Waals surface area contributed by atoms with Crippen LogP contribution in [0.15, 0.2) is 36.4 Å². The lowest BCUT2D eigenvalue weighted by Crippen LogP contribution is -2.10. The van der Waals surface area contributed by atoms with Crippen molar-refractivity contribution in [3.05, 3.63) is 63.9 Å². The fourth-order valence-corrected chi connectivity index (χ4v) is 2.19. The fraction of sp³-hybridized carbons (Fsp3) is 0.267. The molecule has 0 aliphatic carbocycles. The Balaban J connectivity index is 2.19. The van der Waals surface area contributed by atoms with Crippen LogP contribution in [0.2, 0.25) is 5.15 Å². The topological polar surface area (TPSA) is 33.1 Å². The number of halogens is 4. The lowest BCUT2D eigenvalue weighted by atomic mass is 10.0. The number of aromatic nitrogens is 1. The van der Waals surface area contributed by atoms with Crippen molar-refractivity contribution in [1.82, 2.24) is 4.98 Å². The summed E-state index contributed by atoms with van der Waals surface area (Å²) >= 11 is 5.75. The van der Waals surface area contributed by atoms with Gasteiger partial charge in [0.05, 0.1) is 6.10 Å². The highest BCUT2D eigenvalue weighted by atomic mass is 35.5. The largest absolute Gasteiger partial charge is 0.433 e. The lowest BCUT2D eigenvalue weighted by Gasteiger charge is -2.14. The summed E-state index contributed by atoms with van der Waals surface area (Å²) in [4.78, 5) is 3.30. The molecule has 0 radical (unpaired) electrons. The molecule has 0 saturated carbocycles. The van der Waals surface area contributed by atoms with E-state index in [-0.39, 0.29) is 17.1 Å². The molecule has 0 bridgehead atoms. The number of rotatable bonds is 3. The van der Waals surface area contributed by atoms with Crippen molar-refractivity contribution in [2.45, 2.75) is 25.6 Å². The summed E-state index contributed by atoms with van der Waals surface area (Å²) in [5, 5.41) is 9.78. The zero-order valence-electron chi connectivity index (χ0n) is 11.2. The normalized spacial score (nSPS) is 13.2. The molecular weight excluding hydrogens is 303 g/mol. The zero-order chi connectivity index (χ0) is 15.6. The summed E-state index contributed by atoms with van der Waals surface area (Å²) in [5.41, 5.74) is 1.07. The van der Waals surface area contributed by atoms with Crippen molar-refractivity contribution in [3.8, 4) is 0 Å². The van der Waals surface area contributed by atoms with E-state index in [1.54, 1.807) is 0 Å². The number of nitrogens with zero attached hydrogens (tertiary/aromatic N) is 1. The van der Waals surface area contributed by atoms with Gasteiger partial charge in [-0.05, 0) is 18.6 Å². The monoisotopic (exact) mass is 315 g/mol. The number of benzene rings is 1. The Bertz CT molecular complexity index is 626. The molecule has 0 aliphatic rings. The molecule has 1 unspecified atom stereocenters. The van der Waals surface area contributed by atoms with Crippen molar-refractivity contribution in [1.29, 1.82) is 0 Å². The first kappa shape index (κ1) is 15.8. The van der Waals surface area contributed by atoms with E-state index in [9.17, 15) is 18.3 Å². The van der Waals surface area contributed by atoms with E-state index in [0.717, 1.165) is 23.3 Å². The predicted molar refractivity (Wildman–Crippen MR) is 74.1 cm³/mol. The van der Waals surface area contributed by atoms with Crippen LogP contribution in [-0.4, -0.2) is 10.1 Å². The molecule has 0 amide bonds. The van der Waals surface area contributed by atoms with E-state index < -0.39 is 18.0 Å². The van der Waals surface area contributed by atoms with E-state index >= 15 is 0 Å². The van der Waals surface area contributed by atoms with E-state index in [2.05, 4.69) is 4.98 Å². The van der Waals surface area contributed by atoms with Crippen molar-refractivity contribution in [3.63, 3.8) is 0 Å². The average molecular weight is 316 g/mol. The van der Waals surface area contributed by atoms with Gasteiger partial charge in [0.25, 0.3) is 0 Å². The zero-order valence-corrected chi connectivity index (χ0v) is 11.9. The molecule has 1 aromatic carbocycles. The van der Waals surface area contributed by atoms with Crippen LogP contribution in [0, 0.1) is 6.92 Å². The van der Waals surface area contributed by atoms with Crippen LogP contribution in [0.1, 0.15) is 28.5 Å². The molecule has 1 atom stereocenters. The molecule has 6 heteroatoms. The predicted octanol–water partition coefficient (Wildman–Crippen LogP) is 4.34. The minimum atomic E-state index is -4.55. The highest BCUT2D eigenvalue weighted by molar-refractivity contribution is 6.30. The Hall–Kier alpha value is -1.59. The Labute approximate surface area is 125 Å². The second-order valence-corrected chi connectivity index (χ2v) is 5.14. The third kappa shape index (κ3) is 3.95. The van der Waals surface area contributed by atoms with Crippen LogP contribution < -0.4 is 0 Å². The number of aryl methyl sites for hydroxylation is 1. The summed E-state index contributed by atoms with van der Waals surface area (Å²) in [6.07, 6.45) is -5.30. The summed E-state index contributed by atoms with van der Waals surface area (Å²) < 4.78 is 37.5. The molecule has 1 aromatic heterocycles. The molecule has 1 heterocycles.